The van der Waals surface area contributed by atoms with E-state index in [1.807, 2.05) is 75.4 Å². The standard InChI is InChI=1S/C21H27NO4/c1-21(2,3)26-20(24)22(13-14-23)15-17-9-11-19(12-10-17)25-16-18-7-5-4-6-8-18/h4-12,23H,13-16H2,1-3H3. The number of hydrogen-bond acceptors (Lipinski definition) is 4. The third kappa shape index (κ3) is 6.76. The van der Waals surface area contributed by atoms with Gasteiger partial charge in [-0.05, 0) is 44.0 Å². The summed E-state index contributed by atoms with van der Waals surface area (Å²) in [5.74, 6) is 0.767. The fraction of sp³-hybridized carbons (Fsp3) is 0.381. The average Bonchev–Trinajstić information content (AvgIpc) is 2.60. The van der Waals surface area contributed by atoms with E-state index in [1.165, 1.54) is 4.90 Å². The second-order valence-electron chi connectivity index (χ2n) is 7.04. The van der Waals surface area contributed by atoms with Crippen molar-refractivity contribution in [3.05, 3.63) is 65.7 Å². The third-order valence-corrected chi connectivity index (χ3v) is 3.57. The Balaban J connectivity index is 1.94. The van der Waals surface area contributed by atoms with Gasteiger partial charge in [0.05, 0.1) is 6.61 Å². The predicted octanol–water partition coefficient (Wildman–Crippen LogP) is 4.00. The smallest absolute Gasteiger partial charge is 0.410 e. The number of carbonyl (C=O) groups is 1. The first-order valence-electron chi connectivity index (χ1n) is 8.72. The Morgan fingerprint density at radius 3 is 2.23 bits per heavy atom. The van der Waals surface area contributed by atoms with E-state index >= 15 is 0 Å². The summed E-state index contributed by atoms with van der Waals surface area (Å²) < 4.78 is 11.2. The molecule has 5 nitrogen and oxygen atoms in total. The van der Waals surface area contributed by atoms with Crippen molar-refractivity contribution in [2.75, 3.05) is 13.2 Å². The Labute approximate surface area is 155 Å². The van der Waals surface area contributed by atoms with Crippen LogP contribution in [0.25, 0.3) is 0 Å². The van der Waals surface area contributed by atoms with E-state index in [4.69, 9.17) is 9.47 Å². The molecule has 0 heterocycles. The Kier molecular flexibility index (Phi) is 7.04. The number of rotatable bonds is 7. The minimum atomic E-state index is -0.570. The second-order valence-corrected chi connectivity index (χ2v) is 7.04. The Bertz CT molecular complexity index is 677. The van der Waals surface area contributed by atoms with E-state index in [9.17, 15) is 9.90 Å². The van der Waals surface area contributed by atoms with Gasteiger partial charge in [-0.15, -0.1) is 0 Å². The van der Waals surface area contributed by atoms with Gasteiger partial charge in [-0.25, -0.2) is 4.79 Å². The van der Waals surface area contributed by atoms with Crippen LogP contribution < -0.4 is 4.74 Å². The van der Waals surface area contributed by atoms with Crippen LogP contribution in [0.15, 0.2) is 54.6 Å². The van der Waals surface area contributed by atoms with E-state index < -0.39 is 11.7 Å². The van der Waals surface area contributed by atoms with Gasteiger partial charge in [0.1, 0.15) is 18.0 Å². The normalized spacial score (nSPS) is 11.1. The first kappa shape index (κ1) is 19.8. The van der Waals surface area contributed by atoms with Crippen LogP contribution >= 0.6 is 0 Å². The highest BCUT2D eigenvalue weighted by molar-refractivity contribution is 5.68. The van der Waals surface area contributed by atoms with Crippen LogP contribution in [0, 0.1) is 0 Å². The molecule has 0 aliphatic carbocycles. The average molecular weight is 357 g/mol. The first-order valence-corrected chi connectivity index (χ1v) is 8.72. The van der Waals surface area contributed by atoms with Crippen LogP contribution in [0.2, 0.25) is 0 Å². The van der Waals surface area contributed by atoms with Crippen LogP contribution in [-0.2, 0) is 17.9 Å². The van der Waals surface area contributed by atoms with Gasteiger partial charge in [-0.1, -0.05) is 42.5 Å². The van der Waals surface area contributed by atoms with Crippen LogP contribution in [0.3, 0.4) is 0 Å². The SMILES string of the molecule is CC(C)(C)OC(=O)N(CCO)Cc1ccc(OCc2ccccc2)cc1. The summed E-state index contributed by atoms with van der Waals surface area (Å²) in [6.45, 7) is 6.45. The van der Waals surface area contributed by atoms with E-state index in [0.717, 1.165) is 16.9 Å². The van der Waals surface area contributed by atoms with Crippen LogP contribution in [0.1, 0.15) is 31.9 Å². The molecular formula is C21H27NO4. The zero-order valence-corrected chi connectivity index (χ0v) is 15.6. The lowest BCUT2D eigenvalue weighted by Gasteiger charge is -2.27. The molecule has 0 radical (unpaired) electrons. The zero-order valence-electron chi connectivity index (χ0n) is 15.6. The van der Waals surface area contributed by atoms with E-state index in [1.54, 1.807) is 0 Å². The number of aliphatic hydroxyl groups excluding tert-OH is 1. The number of amides is 1. The minimum Gasteiger partial charge on any atom is -0.489 e. The lowest BCUT2D eigenvalue weighted by Crippen LogP contribution is -2.38. The monoisotopic (exact) mass is 357 g/mol. The van der Waals surface area contributed by atoms with Crippen molar-refractivity contribution in [2.24, 2.45) is 0 Å². The van der Waals surface area contributed by atoms with E-state index in [2.05, 4.69) is 0 Å². The molecule has 0 unspecified atom stereocenters. The second kappa shape index (κ2) is 9.25. The summed E-state index contributed by atoms with van der Waals surface area (Å²) in [7, 11) is 0. The molecule has 140 valence electrons. The molecule has 0 aliphatic rings. The lowest BCUT2D eigenvalue weighted by atomic mass is 10.2. The van der Waals surface area contributed by atoms with Gasteiger partial charge in [0, 0.05) is 13.1 Å². The lowest BCUT2D eigenvalue weighted by molar-refractivity contribution is 0.0201. The summed E-state index contributed by atoms with van der Waals surface area (Å²) in [6.07, 6.45) is -0.434. The van der Waals surface area contributed by atoms with Crippen molar-refractivity contribution >= 4 is 6.09 Å². The minimum absolute atomic E-state index is 0.114. The van der Waals surface area contributed by atoms with Gasteiger partial charge in [0.25, 0.3) is 0 Å². The van der Waals surface area contributed by atoms with Gasteiger partial charge in [0.2, 0.25) is 0 Å². The fourth-order valence-corrected chi connectivity index (χ4v) is 2.33. The van der Waals surface area contributed by atoms with Gasteiger partial charge >= 0.3 is 6.09 Å². The van der Waals surface area contributed by atoms with Crippen molar-refractivity contribution in [3.8, 4) is 5.75 Å². The molecule has 26 heavy (non-hydrogen) atoms. The molecule has 1 N–H and O–H groups in total. The maximum atomic E-state index is 12.2. The topological polar surface area (TPSA) is 59.0 Å². The molecule has 0 saturated carbocycles. The van der Waals surface area contributed by atoms with Gasteiger partial charge in [0.15, 0.2) is 0 Å². The molecule has 0 spiro atoms. The van der Waals surface area contributed by atoms with Crippen LogP contribution in [-0.4, -0.2) is 34.9 Å². The van der Waals surface area contributed by atoms with E-state index in [0.29, 0.717) is 13.2 Å². The number of benzene rings is 2. The molecule has 5 heteroatoms. The van der Waals surface area contributed by atoms with Crippen LogP contribution in [0.4, 0.5) is 4.79 Å². The Morgan fingerprint density at radius 1 is 1.00 bits per heavy atom. The summed E-state index contributed by atoms with van der Waals surface area (Å²) in [5, 5.41) is 9.21. The van der Waals surface area contributed by atoms with Crippen molar-refractivity contribution < 1.29 is 19.4 Å². The quantitative estimate of drug-likeness (QED) is 0.814. The molecule has 0 atom stereocenters. The third-order valence-electron chi connectivity index (χ3n) is 3.57. The molecule has 0 bridgehead atoms. The van der Waals surface area contributed by atoms with Gasteiger partial charge < -0.3 is 19.5 Å². The summed E-state index contributed by atoms with van der Waals surface area (Å²) >= 11 is 0. The van der Waals surface area contributed by atoms with Gasteiger partial charge in [-0.3, -0.25) is 0 Å². The molecule has 0 saturated heterocycles. The largest absolute Gasteiger partial charge is 0.489 e. The van der Waals surface area contributed by atoms with Crippen LogP contribution in [0.5, 0.6) is 5.75 Å². The van der Waals surface area contributed by atoms with Crippen molar-refractivity contribution in [1.29, 1.82) is 0 Å². The fourth-order valence-electron chi connectivity index (χ4n) is 2.33. The Hall–Kier alpha value is -2.53. The molecule has 2 aromatic carbocycles. The highest BCUT2D eigenvalue weighted by Gasteiger charge is 2.21. The number of nitrogens with zero attached hydrogens (tertiary/aromatic N) is 1. The van der Waals surface area contributed by atoms with E-state index in [-0.39, 0.29) is 13.2 Å². The first-order chi connectivity index (χ1) is 12.4. The molecule has 0 aliphatic heterocycles. The van der Waals surface area contributed by atoms with Crippen molar-refractivity contribution in [2.45, 2.75) is 39.5 Å². The summed E-state index contributed by atoms with van der Waals surface area (Å²) in [5.41, 5.74) is 1.48. The zero-order chi connectivity index (χ0) is 19.0. The molecule has 0 aromatic heterocycles. The highest BCUT2D eigenvalue weighted by Crippen LogP contribution is 2.17. The maximum absolute atomic E-state index is 12.2. The summed E-state index contributed by atoms with van der Waals surface area (Å²) in [6, 6.07) is 17.5. The predicted molar refractivity (Wildman–Crippen MR) is 101 cm³/mol. The molecule has 1 amide bonds. The van der Waals surface area contributed by atoms with Gasteiger partial charge in [-0.2, -0.15) is 0 Å². The number of hydrogen-bond donors (Lipinski definition) is 1. The Morgan fingerprint density at radius 2 is 1.65 bits per heavy atom. The highest BCUT2D eigenvalue weighted by atomic mass is 16.6. The maximum Gasteiger partial charge on any atom is 0.410 e. The van der Waals surface area contributed by atoms with Crippen molar-refractivity contribution in [1.82, 2.24) is 4.90 Å². The molecule has 2 rings (SSSR count). The number of ether oxygens (including phenoxy) is 2. The molecule has 0 fully saturated rings. The van der Waals surface area contributed by atoms with Crippen molar-refractivity contribution in [3.63, 3.8) is 0 Å². The molecular weight excluding hydrogens is 330 g/mol. The molecule has 2 aromatic rings. The number of aliphatic hydroxyl groups is 1. The summed E-state index contributed by atoms with van der Waals surface area (Å²) in [4.78, 5) is 13.7. The number of carbonyl (C=O) groups excluding carboxylic acids is 1.